The predicted octanol–water partition coefficient (Wildman–Crippen LogP) is 1.64. The Labute approximate surface area is 114 Å². The summed E-state index contributed by atoms with van der Waals surface area (Å²) in [7, 11) is 3.58. The molecule has 104 valence electrons. The van der Waals surface area contributed by atoms with Gasteiger partial charge in [-0.1, -0.05) is 0 Å². The van der Waals surface area contributed by atoms with Crippen molar-refractivity contribution in [2.45, 2.75) is 0 Å². The molecule has 0 fully saturated rings. The molecule has 1 amide bonds. The van der Waals surface area contributed by atoms with Gasteiger partial charge in [0.05, 0.1) is 23.6 Å². The van der Waals surface area contributed by atoms with Gasteiger partial charge in [-0.25, -0.2) is 14.4 Å². The predicted molar refractivity (Wildman–Crippen MR) is 72.4 cm³/mol. The van der Waals surface area contributed by atoms with Crippen molar-refractivity contribution < 1.29 is 14.3 Å². The van der Waals surface area contributed by atoms with Crippen LogP contribution in [0.1, 0.15) is 10.4 Å². The van der Waals surface area contributed by atoms with Crippen LogP contribution in [0.25, 0.3) is 0 Å². The summed E-state index contributed by atoms with van der Waals surface area (Å²) in [5.74, 6) is -1.17. The summed E-state index contributed by atoms with van der Waals surface area (Å²) in [6, 6.07) is 3.32. The molecule has 0 saturated heterocycles. The first kappa shape index (κ1) is 13.7. The maximum atomic E-state index is 13.5. The van der Waals surface area contributed by atoms with E-state index in [1.165, 1.54) is 24.5 Å². The van der Waals surface area contributed by atoms with Crippen LogP contribution < -0.4 is 10.2 Å². The van der Waals surface area contributed by atoms with Gasteiger partial charge >= 0.3 is 0 Å². The quantitative estimate of drug-likeness (QED) is 0.891. The molecule has 0 bridgehead atoms. The third-order valence-corrected chi connectivity index (χ3v) is 2.49. The second-order valence-corrected chi connectivity index (χ2v) is 4.28. The summed E-state index contributed by atoms with van der Waals surface area (Å²) in [5.41, 5.74) is 0.188. The van der Waals surface area contributed by atoms with Crippen molar-refractivity contribution in [1.29, 1.82) is 0 Å². The van der Waals surface area contributed by atoms with E-state index < -0.39 is 11.7 Å². The van der Waals surface area contributed by atoms with E-state index in [1.807, 2.05) is 0 Å². The molecule has 0 aliphatic carbocycles. The largest absolute Gasteiger partial charge is 0.508 e. The highest BCUT2D eigenvalue weighted by Crippen LogP contribution is 2.16. The summed E-state index contributed by atoms with van der Waals surface area (Å²) in [5, 5.41) is 11.6. The number of rotatable bonds is 3. The number of halogens is 1. The normalized spacial score (nSPS) is 10.2. The van der Waals surface area contributed by atoms with Crippen LogP contribution in [-0.2, 0) is 0 Å². The lowest BCUT2D eigenvalue weighted by molar-refractivity contribution is 0.102. The van der Waals surface area contributed by atoms with Crippen LogP contribution in [0, 0.1) is 5.82 Å². The van der Waals surface area contributed by atoms with Crippen LogP contribution in [0.2, 0.25) is 0 Å². The second kappa shape index (κ2) is 5.52. The molecule has 0 unspecified atom stereocenters. The number of phenols is 1. The molecule has 7 heteroatoms. The maximum Gasteiger partial charge on any atom is 0.258 e. The molecule has 1 heterocycles. The molecule has 2 rings (SSSR count). The summed E-state index contributed by atoms with van der Waals surface area (Å²) in [4.78, 5) is 21.6. The fourth-order valence-electron chi connectivity index (χ4n) is 1.50. The molecule has 0 radical (unpaired) electrons. The van der Waals surface area contributed by atoms with Gasteiger partial charge in [-0.15, -0.1) is 0 Å². The number of hydrogen-bond acceptors (Lipinski definition) is 5. The molecule has 1 aromatic carbocycles. The molecular weight excluding hydrogens is 263 g/mol. The Morgan fingerprint density at radius 3 is 2.50 bits per heavy atom. The highest BCUT2D eigenvalue weighted by molar-refractivity contribution is 6.04. The van der Waals surface area contributed by atoms with Crippen molar-refractivity contribution in [2.24, 2.45) is 0 Å². The third-order valence-electron chi connectivity index (χ3n) is 2.49. The lowest BCUT2D eigenvalue weighted by Crippen LogP contribution is -2.16. The Kier molecular flexibility index (Phi) is 3.79. The SMILES string of the molecule is CN(C)c1ncc(NC(=O)c2ccc(O)cc2F)cn1. The maximum absolute atomic E-state index is 13.5. The highest BCUT2D eigenvalue weighted by Gasteiger charge is 2.13. The van der Waals surface area contributed by atoms with Crippen LogP contribution in [0.15, 0.2) is 30.6 Å². The van der Waals surface area contributed by atoms with E-state index in [0.29, 0.717) is 11.6 Å². The van der Waals surface area contributed by atoms with Crippen molar-refractivity contribution in [3.05, 3.63) is 42.0 Å². The Bertz CT molecular complexity index is 629. The minimum atomic E-state index is -0.798. The molecule has 0 spiro atoms. The zero-order chi connectivity index (χ0) is 14.7. The molecule has 0 aliphatic rings. The minimum absolute atomic E-state index is 0.167. The number of carbonyl (C=O) groups excluding carboxylic acids is 1. The number of nitrogens with zero attached hydrogens (tertiary/aromatic N) is 3. The molecule has 2 aromatic rings. The van der Waals surface area contributed by atoms with Crippen molar-refractivity contribution in [2.75, 3.05) is 24.3 Å². The second-order valence-electron chi connectivity index (χ2n) is 4.28. The van der Waals surface area contributed by atoms with Crippen LogP contribution >= 0.6 is 0 Å². The van der Waals surface area contributed by atoms with Gasteiger partial charge in [-0.3, -0.25) is 4.79 Å². The van der Waals surface area contributed by atoms with E-state index >= 15 is 0 Å². The minimum Gasteiger partial charge on any atom is -0.508 e. The van der Waals surface area contributed by atoms with Gasteiger partial charge in [0.25, 0.3) is 5.91 Å². The third kappa shape index (κ3) is 3.00. The zero-order valence-corrected chi connectivity index (χ0v) is 11.0. The van der Waals surface area contributed by atoms with Crippen LogP contribution in [0.5, 0.6) is 5.75 Å². The molecular formula is C13H13FN4O2. The van der Waals surface area contributed by atoms with E-state index in [1.54, 1.807) is 19.0 Å². The van der Waals surface area contributed by atoms with E-state index in [2.05, 4.69) is 15.3 Å². The number of anilines is 2. The highest BCUT2D eigenvalue weighted by atomic mass is 19.1. The molecule has 6 nitrogen and oxygen atoms in total. The number of aromatic hydroxyl groups is 1. The Hall–Kier alpha value is -2.70. The Balaban J connectivity index is 2.15. The van der Waals surface area contributed by atoms with Gasteiger partial charge in [-0.2, -0.15) is 0 Å². The number of nitrogens with one attached hydrogen (secondary N) is 1. The smallest absolute Gasteiger partial charge is 0.258 e. The van der Waals surface area contributed by atoms with Gasteiger partial charge in [-0.05, 0) is 12.1 Å². The Morgan fingerprint density at radius 2 is 1.95 bits per heavy atom. The van der Waals surface area contributed by atoms with Gasteiger partial charge in [0.1, 0.15) is 11.6 Å². The summed E-state index contributed by atoms with van der Waals surface area (Å²) in [6.45, 7) is 0. The topological polar surface area (TPSA) is 78.4 Å². The number of benzene rings is 1. The lowest BCUT2D eigenvalue weighted by Gasteiger charge is -2.10. The van der Waals surface area contributed by atoms with Crippen LogP contribution in [0.3, 0.4) is 0 Å². The summed E-state index contributed by atoms with van der Waals surface area (Å²) in [6.07, 6.45) is 2.86. The Morgan fingerprint density at radius 1 is 1.30 bits per heavy atom. The van der Waals surface area contributed by atoms with Gasteiger partial charge in [0, 0.05) is 20.2 Å². The molecule has 0 atom stereocenters. The molecule has 1 aromatic heterocycles. The first-order valence-electron chi connectivity index (χ1n) is 5.76. The fraction of sp³-hybridized carbons (Fsp3) is 0.154. The summed E-state index contributed by atoms with van der Waals surface area (Å²) >= 11 is 0. The summed E-state index contributed by atoms with van der Waals surface area (Å²) < 4.78 is 13.5. The monoisotopic (exact) mass is 276 g/mol. The number of amides is 1. The van der Waals surface area contributed by atoms with Crippen LogP contribution in [0.4, 0.5) is 16.0 Å². The average molecular weight is 276 g/mol. The lowest BCUT2D eigenvalue weighted by atomic mass is 10.2. The van der Waals surface area contributed by atoms with Gasteiger partial charge < -0.3 is 15.3 Å². The van der Waals surface area contributed by atoms with Gasteiger partial charge in [0.2, 0.25) is 5.95 Å². The standard InChI is InChI=1S/C13H13FN4O2/c1-18(2)13-15-6-8(7-16-13)17-12(20)10-4-3-9(19)5-11(10)14/h3-7,19H,1-2H3,(H,17,20). The van der Waals surface area contributed by atoms with Gasteiger partial charge in [0.15, 0.2) is 0 Å². The van der Waals surface area contributed by atoms with E-state index in [-0.39, 0.29) is 11.3 Å². The number of aromatic nitrogens is 2. The molecule has 20 heavy (non-hydrogen) atoms. The molecule has 0 saturated carbocycles. The average Bonchev–Trinajstić information content (AvgIpc) is 2.39. The van der Waals surface area contributed by atoms with Crippen molar-refractivity contribution in [1.82, 2.24) is 9.97 Å². The van der Waals surface area contributed by atoms with Crippen molar-refractivity contribution >= 4 is 17.5 Å². The van der Waals surface area contributed by atoms with Crippen molar-refractivity contribution in [3.8, 4) is 5.75 Å². The first-order chi connectivity index (χ1) is 9.47. The molecule has 0 aliphatic heterocycles. The number of hydrogen-bond donors (Lipinski definition) is 2. The van der Waals surface area contributed by atoms with Crippen molar-refractivity contribution in [3.63, 3.8) is 0 Å². The molecule has 2 N–H and O–H groups in total. The van der Waals surface area contributed by atoms with E-state index in [9.17, 15) is 9.18 Å². The van der Waals surface area contributed by atoms with E-state index in [0.717, 1.165) is 6.07 Å². The van der Waals surface area contributed by atoms with Crippen LogP contribution in [-0.4, -0.2) is 35.1 Å². The number of phenolic OH excluding ortho intramolecular Hbond substituents is 1. The zero-order valence-electron chi connectivity index (χ0n) is 11.0. The first-order valence-corrected chi connectivity index (χ1v) is 5.76. The fourth-order valence-corrected chi connectivity index (χ4v) is 1.50. The number of carbonyl (C=O) groups is 1. The van der Waals surface area contributed by atoms with E-state index in [4.69, 9.17) is 5.11 Å².